The molecule has 23 heavy (non-hydrogen) atoms. The fraction of sp³-hybridized carbons (Fsp3) is 0.368. The molecule has 126 valence electrons. The third-order valence-electron chi connectivity index (χ3n) is 3.40. The van der Waals surface area contributed by atoms with E-state index in [4.69, 9.17) is 4.74 Å². The van der Waals surface area contributed by atoms with Crippen molar-refractivity contribution in [1.82, 2.24) is 5.32 Å². The Kier molecular flexibility index (Phi) is 8.33. The number of hydrogen-bond acceptors (Lipinski definition) is 4. The summed E-state index contributed by atoms with van der Waals surface area (Å²) in [5.74, 6) is -0.0657. The minimum Gasteiger partial charge on any atom is -0.508 e. The quantitative estimate of drug-likeness (QED) is 0.556. The van der Waals surface area contributed by atoms with Gasteiger partial charge in [-0.1, -0.05) is 42.5 Å². The lowest BCUT2D eigenvalue weighted by atomic mass is 9.90. The second kappa shape index (κ2) is 10.0. The van der Waals surface area contributed by atoms with Crippen molar-refractivity contribution in [2.45, 2.75) is 26.0 Å². The van der Waals surface area contributed by atoms with Crippen LogP contribution in [0.15, 0.2) is 60.9 Å². The first-order valence-electron chi connectivity index (χ1n) is 7.89. The Morgan fingerprint density at radius 2 is 1.87 bits per heavy atom. The molecule has 0 radical (unpaired) electrons. The van der Waals surface area contributed by atoms with Gasteiger partial charge in [-0.2, -0.15) is 0 Å². The minimum atomic E-state index is -1.41. The fourth-order valence-electron chi connectivity index (χ4n) is 2.19. The molecule has 1 aliphatic carbocycles. The molecule has 0 heterocycles. The maximum absolute atomic E-state index is 10.4. The average molecular weight is 317 g/mol. The van der Waals surface area contributed by atoms with Crippen molar-refractivity contribution < 1.29 is 14.9 Å². The molecule has 3 N–H and O–H groups in total. The van der Waals surface area contributed by atoms with E-state index in [0.29, 0.717) is 13.0 Å². The molecule has 0 amide bonds. The Morgan fingerprint density at radius 3 is 2.39 bits per heavy atom. The largest absolute Gasteiger partial charge is 0.508 e. The van der Waals surface area contributed by atoms with Crippen molar-refractivity contribution in [2.75, 3.05) is 19.8 Å². The average Bonchev–Trinajstić information content (AvgIpc) is 2.58. The van der Waals surface area contributed by atoms with Gasteiger partial charge in [0.1, 0.15) is 5.76 Å². The summed E-state index contributed by atoms with van der Waals surface area (Å²) in [6, 6.07) is 9.81. The van der Waals surface area contributed by atoms with Crippen molar-refractivity contribution in [3.8, 4) is 0 Å². The van der Waals surface area contributed by atoms with Crippen molar-refractivity contribution in [3.05, 3.63) is 66.5 Å². The van der Waals surface area contributed by atoms with Crippen LogP contribution in [0.2, 0.25) is 0 Å². The van der Waals surface area contributed by atoms with Crippen LogP contribution in [-0.4, -0.2) is 35.7 Å². The monoisotopic (exact) mass is 317 g/mol. The summed E-state index contributed by atoms with van der Waals surface area (Å²) in [7, 11) is 0. The lowest BCUT2D eigenvalue weighted by molar-refractivity contribution is 0.0101. The molecule has 0 spiro atoms. The predicted octanol–water partition coefficient (Wildman–Crippen LogP) is 3.42. The molecule has 1 aromatic carbocycles. The first-order chi connectivity index (χ1) is 11.1. The van der Waals surface area contributed by atoms with Crippen molar-refractivity contribution in [2.24, 2.45) is 0 Å². The van der Waals surface area contributed by atoms with Gasteiger partial charge in [-0.25, -0.2) is 0 Å². The van der Waals surface area contributed by atoms with E-state index < -0.39 is 5.72 Å². The number of hydrogen-bond donors (Lipinski definition) is 3. The molecule has 1 unspecified atom stereocenters. The van der Waals surface area contributed by atoms with Crippen molar-refractivity contribution in [3.63, 3.8) is 0 Å². The Morgan fingerprint density at radius 1 is 1.22 bits per heavy atom. The molecule has 4 nitrogen and oxygen atoms in total. The molecular formula is C19H27NO3. The summed E-state index contributed by atoms with van der Waals surface area (Å²) in [6.07, 6.45) is 5.33. The lowest BCUT2D eigenvalue weighted by Gasteiger charge is -2.31. The summed E-state index contributed by atoms with van der Waals surface area (Å²) in [5, 5.41) is 23.0. The lowest BCUT2D eigenvalue weighted by Crippen LogP contribution is -2.48. The zero-order valence-electron chi connectivity index (χ0n) is 14.0. The number of ether oxygens (including phenoxy) is 1. The van der Waals surface area contributed by atoms with Crippen LogP contribution < -0.4 is 5.32 Å². The van der Waals surface area contributed by atoms with Crippen LogP contribution in [0.4, 0.5) is 0 Å². The zero-order valence-corrected chi connectivity index (χ0v) is 14.0. The second-order valence-corrected chi connectivity index (χ2v) is 5.10. The zero-order chi connectivity index (χ0) is 17.1. The maximum Gasteiger partial charge on any atom is 0.178 e. The SMILES string of the molecule is C=CCNC1(O)CC(c2ccccc2)=CC=C1O.CCOCC. The molecule has 0 saturated carbocycles. The molecule has 0 aliphatic heterocycles. The first-order valence-corrected chi connectivity index (χ1v) is 7.89. The Bertz CT molecular complexity index is 535. The van der Waals surface area contributed by atoms with E-state index in [2.05, 4.69) is 11.9 Å². The van der Waals surface area contributed by atoms with Crippen molar-refractivity contribution in [1.29, 1.82) is 0 Å². The third-order valence-corrected chi connectivity index (χ3v) is 3.40. The van der Waals surface area contributed by atoms with Gasteiger partial charge in [0.15, 0.2) is 5.72 Å². The molecule has 2 rings (SSSR count). The van der Waals surface area contributed by atoms with E-state index in [0.717, 1.165) is 24.4 Å². The smallest absolute Gasteiger partial charge is 0.178 e. The molecule has 0 fully saturated rings. The molecule has 0 saturated heterocycles. The topological polar surface area (TPSA) is 61.7 Å². The highest BCUT2D eigenvalue weighted by Crippen LogP contribution is 2.31. The number of aliphatic hydroxyl groups excluding tert-OH is 1. The Balaban J connectivity index is 0.000000463. The number of allylic oxidation sites excluding steroid dienone is 2. The third kappa shape index (κ3) is 6.02. The molecule has 1 aromatic rings. The summed E-state index contributed by atoms with van der Waals surface area (Å²) in [4.78, 5) is 0. The van der Waals surface area contributed by atoms with Crippen LogP contribution in [-0.2, 0) is 4.74 Å². The fourth-order valence-corrected chi connectivity index (χ4v) is 2.19. The van der Waals surface area contributed by atoms with Gasteiger partial charge in [0.2, 0.25) is 0 Å². The van der Waals surface area contributed by atoms with Gasteiger partial charge in [-0.05, 0) is 31.1 Å². The number of nitrogens with one attached hydrogen (secondary N) is 1. The normalized spacial score (nSPS) is 20.0. The van der Waals surface area contributed by atoms with Gasteiger partial charge in [-0.15, -0.1) is 6.58 Å². The van der Waals surface area contributed by atoms with Crippen LogP contribution in [0.25, 0.3) is 5.57 Å². The second-order valence-electron chi connectivity index (χ2n) is 5.10. The van der Waals surface area contributed by atoms with E-state index in [1.807, 2.05) is 50.3 Å². The summed E-state index contributed by atoms with van der Waals surface area (Å²) in [5.41, 5.74) is 0.612. The highest BCUT2D eigenvalue weighted by Gasteiger charge is 2.34. The molecule has 4 heteroatoms. The molecule has 0 aromatic heterocycles. The van der Waals surface area contributed by atoms with E-state index >= 15 is 0 Å². The maximum atomic E-state index is 10.4. The van der Waals surface area contributed by atoms with Gasteiger partial charge < -0.3 is 14.9 Å². The molecule has 1 aliphatic rings. The van der Waals surface area contributed by atoms with E-state index in [1.165, 1.54) is 6.08 Å². The van der Waals surface area contributed by atoms with E-state index in [9.17, 15) is 10.2 Å². The van der Waals surface area contributed by atoms with Gasteiger partial charge in [-0.3, -0.25) is 5.32 Å². The summed E-state index contributed by atoms with van der Waals surface area (Å²) < 4.78 is 4.83. The van der Waals surface area contributed by atoms with Gasteiger partial charge in [0.05, 0.1) is 0 Å². The number of aliphatic hydroxyl groups is 2. The minimum absolute atomic E-state index is 0.0657. The van der Waals surface area contributed by atoms with Crippen molar-refractivity contribution >= 4 is 5.57 Å². The van der Waals surface area contributed by atoms with Gasteiger partial charge in [0, 0.05) is 26.2 Å². The summed E-state index contributed by atoms with van der Waals surface area (Å²) in [6.45, 7) is 9.68. The Hall–Kier alpha value is -1.88. The summed E-state index contributed by atoms with van der Waals surface area (Å²) >= 11 is 0. The first kappa shape index (κ1) is 19.2. The standard InChI is InChI=1S/C15H17NO2.C4H10O/c1-2-10-16-15(18)11-13(8-9-14(15)17)12-6-4-3-5-7-12;1-3-5-4-2/h2-9,16-18H,1,10-11H2;3-4H2,1-2H3. The van der Waals surface area contributed by atoms with Gasteiger partial charge in [0.25, 0.3) is 0 Å². The van der Waals surface area contributed by atoms with Gasteiger partial charge >= 0.3 is 0 Å². The highest BCUT2D eigenvalue weighted by molar-refractivity contribution is 5.69. The number of benzene rings is 1. The van der Waals surface area contributed by atoms with Crippen LogP contribution in [0.5, 0.6) is 0 Å². The highest BCUT2D eigenvalue weighted by atomic mass is 16.5. The van der Waals surface area contributed by atoms with Crippen LogP contribution in [0.3, 0.4) is 0 Å². The molecule has 1 atom stereocenters. The van der Waals surface area contributed by atoms with Crippen LogP contribution in [0.1, 0.15) is 25.8 Å². The van der Waals surface area contributed by atoms with Crippen LogP contribution in [0, 0.1) is 0 Å². The molecular weight excluding hydrogens is 290 g/mol. The number of rotatable bonds is 6. The van der Waals surface area contributed by atoms with Crippen LogP contribution >= 0.6 is 0 Å². The predicted molar refractivity (Wildman–Crippen MR) is 95.1 cm³/mol. The van der Waals surface area contributed by atoms with E-state index in [-0.39, 0.29) is 5.76 Å². The molecule has 0 bridgehead atoms. The Labute approximate surface area is 138 Å². The van der Waals surface area contributed by atoms with E-state index in [1.54, 1.807) is 6.08 Å².